The molecule has 1 unspecified atom stereocenters. The van der Waals surface area contributed by atoms with Gasteiger partial charge in [-0.3, -0.25) is 9.59 Å². The van der Waals surface area contributed by atoms with Gasteiger partial charge in [0.25, 0.3) is 0 Å². The van der Waals surface area contributed by atoms with Crippen molar-refractivity contribution in [2.75, 3.05) is 0 Å². The molecule has 1 aliphatic heterocycles. The second-order valence-corrected chi connectivity index (χ2v) is 7.56. The van der Waals surface area contributed by atoms with Crippen LogP contribution in [0.15, 0.2) is 30.3 Å². The highest BCUT2D eigenvalue weighted by Gasteiger charge is 2.31. The first-order valence-corrected chi connectivity index (χ1v) is 9.47. The van der Waals surface area contributed by atoms with Crippen molar-refractivity contribution in [1.29, 1.82) is 0 Å². The summed E-state index contributed by atoms with van der Waals surface area (Å²) in [4.78, 5) is 25.7. The van der Waals surface area contributed by atoms with Crippen LogP contribution >= 0.6 is 11.6 Å². The third kappa shape index (κ3) is 3.70. The fourth-order valence-corrected chi connectivity index (χ4v) is 3.72. The van der Waals surface area contributed by atoms with Crippen molar-refractivity contribution in [2.45, 2.75) is 58.6 Å². The Morgan fingerprint density at radius 2 is 1.88 bits per heavy atom. The van der Waals surface area contributed by atoms with Crippen LogP contribution in [0.5, 0.6) is 0 Å². The maximum atomic E-state index is 13.1. The average molecular weight is 374 g/mol. The Labute approximate surface area is 159 Å². The minimum Gasteiger partial charge on any atom is -0.462 e. The van der Waals surface area contributed by atoms with Crippen molar-refractivity contribution >= 4 is 23.4 Å². The predicted octanol–water partition coefficient (Wildman–Crippen LogP) is 4.90. The molecular weight excluding hydrogens is 350 g/mol. The number of ketones is 1. The van der Waals surface area contributed by atoms with Gasteiger partial charge in [0, 0.05) is 22.8 Å². The van der Waals surface area contributed by atoms with Crippen LogP contribution < -0.4 is 0 Å². The predicted molar refractivity (Wildman–Crippen MR) is 102 cm³/mol. The van der Waals surface area contributed by atoms with Gasteiger partial charge < -0.3 is 9.30 Å². The van der Waals surface area contributed by atoms with Crippen LogP contribution in [0.4, 0.5) is 0 Å². The first-order valence-electron chi connectivity index (χ1n) is 9.09. The number of aromatic nitrogens is 1. The lowest BCUT2D eigenvalue weighted by atomic mass is 9.99. The summed E-state index contributed by atoms with van der Waals surface area (Å²) in [5.41, 5.74) is 3.04. The van der Waals surface area contributed by atoms with E-state index in [9.17, 15) is 9.59 Å². The fourth-order valence-electron chi connectivity index (χ4n) is 3.60. The SMILES string of the molecule is Cc1cc2n(c1C(=O)c1ccc(Cl)cc1)CCCCC2C(=O)OC(C)C. The summed E-state index contributed by atoms with van der Waals surface area (Å²) in [6, 6.07) is 8.90. The first kappa shape index (κ1) is 18.7. The highest BCUT2D eigenvalue weighted by Crippen LogP contribution is 2.33. The third-order valence-electron chi connectivity index (χ3n) is 4.76. The molecule has 2 aromatic rings. The maximum Gasteiger partial charge on any atom is 0.315 e. The number of ether oxygens (including phenoxy) is 1. The van der Waals surface area contributed by atoms with Gasteiger partial charge in [-0.25, -0.2) is 0 Å². The molecular formula is C21H24ClNO3. The number of fused-ring (bicyclic) bond motifs is 1. The number of halogens is 1. The van der Waals surface area contributed by atoms with Crippen molar-refractivity contribution < 1.29 is 14.3 Å². The van der Waals surface area contributed by atoms with Crippen LogP contribution in [0, 0.1) is 6.92 Å². The highest BCUT2D eigenvalue weighted by atomic mass is 35.5. The Morgan fingerprint density at radius 3 is 2.54 bits per heavy atom. The normalized spacial score (nSPS) is 16.9. The minimum absolute atomic E-state index is 0.0386. The molecule has 1 aromatic heterocycles. The number of hydrogen-bond acceptors (Lipinski definition) is 3. The molecule has 0 amide bonds. The number of nitrogens with zero attached hydrogens (tertiary/aromatic N) is 1. The topological polar surface area (TPSA) is 48.3 Å². The van der Waals surface area contributed by atoms with Crippen LogP contribution in [0.3, 0.4) is 0 Å². The molecule has 1 atom stereocenters. The number of rotatable bonds is 4. The number of esters is 1. The Morgan fingerprint density at radius 1 is 1.19 bits per heavy atom. The molecule has 0 bridgehead atoms. The molecule has 2 heterocycles. The number of aryl methyl sites for hydroxylation is 1. The zero-order valence-corrected chi connectivity index (χ0v) is 16.2. The van der Waals surface area contributed by atoms with Gasteiger partial charge >= 0.3 is 5.97 Å². The quantitative estimate of drug-likeness (QED) is 0.565. The zero-order valence-electron chi connectivity index (χ0n) is 15.4. The standard InChI is InChI=1S/C21H24ClNO3/c1-13(2)26-21(25)17-6-4-5-11-23-18(17)12-14(3)19(23)20(24)15-7-9-16(22)10-8-15/h7-10,12-13,17H,4-6,11H2,1-3H3. The van der Waals surface area contributed by atoms with E-state index in [1.807, 2.05) is 31.4 Å². The average Bonchev–Trinajstić information content (AvgIpc) is 2.76. The monoisotopic (exact) mass is 373 g/mol. The number of benzene rings is 1. The molecule has 5 heteroatoms. The van der Waals surface area contributed by atoms with Gasteiger partial charge in [0.05, 0.1) is 17.7 Å². The van der Waals surface area contributed by atoms with E-state index in [0.29, 0.717) is 16.3 Å². The first-order chi connectivity index (χ1) is 12.4. The number of carbonyl (C=O) groups is 2. The van der Waals surface area contributed by atoms with Crippen molar-refractivity contribution in [3.8, 4) is 0 Å². The van der Waals surface area contributed by atoms with Gasteiger partial charge in [-0.2, -0.15) is 0 Å². The highest BCUT2D eigenvalue weighted by molar-refractivity contribution is 6.30. The Kier molecular flexibility index (Phi) is 5.52. The molecule has 0 saturated heterocycles. The van der Waals surface area contributed by atoms with E-state index in [2.05, 4.69) is 0 Å². The molecule has 1 aromatic carbocycles. The molecule has 138 valence electrons. The summed E-state index contributed by atoms with van der Waals surface area (Å²) in [7, 11) is 0. The fraction of sp³-hybridized carbons (Fsp3) is 0.429. The van der Waals surface area contributed by atoms with Crippen LogP contribution in [0.1, 0.15) is 66.3 Å². The number of carbonyl (C=O) groups excluding carboxylic acids is 2. The lowest BCUT2D eigenvalue weighted by molar-refractivity contribution is -0.149. The van der Waals surface area contributed by atoms with E-state index < -0.39 is 0 Å². The van der Waals surface area contributed by atoms with Gasteiger partial charge in [-0.1, -0.05) is 18.0 Å². The van der Waals surface area contributed by atoms with Crippen LogP contribution in [-0.4, -0.2) is 22.4 Å². The summed E-state index contributed by atoms with van der Waals surface area (Å²) in [6.45, 7) is 6.38. The molecule has 4 nitrogen and oxygen atoms in total. The smallest absolute Gasteiger partial charge is 0.315 e. The molecule has 0 saturated carbocycles. The molecule has 3 rings (SSSR count). The molecule has 0 spiro atoms. The van der Waals surface area contributed by atoms with E-state index in [1.165, 1.54) is 0 Å². The van der Waals surface area contributed by atoms with Gasteiger partial charge in [0.1, 0.15) is 0 Å². The van der Waals surface area contributed by atoms with Crippen LogP contribution in [0.2, 0.25) is 5.02 Å². The molecule has 0 N–H and O–H groups in total. The second kappa shape index (κ2) is 7.67. The van der Waals surface area contributed by atoms with E-state index in [1.54, 1.807) is 24.3 Å². The summed E-state index contributed by atoms with van der Waals surface area (Å²) in [5.74, 6) is -0.556. The van der Waals surface area contributed by atoms with Gasteiger partial charge in [0.15, 0.2) is 0 Å². The lowest BCUT2D eigenvalue weighted by Crippen LogP contribution is -2.21. The lowest BCUT2D eigenvalue weighted by Gasteiger charge is -2.18. The van der Waals surface area contributed by atoms with E-state index >= 15 is 0 Å². The molecule has 0 radical (unpaired) electrons. The van der Waals surface area contributed by atoms with Gasteiger partial charge in [-0.15, -0.1) is 0 Å². The van der Waals surface area contributed by atoms with E-state index in [-0.39, 0.29) is 23.8 Å². The molecule has 26 heavy (non-hydrogen) atoms. The number of hydrogen-bond donors (Lipinski definition) is 0. The molecule has 0 aliphatic carbocycles. The summed E-state index contributed by atoms with van der Waals surface area (Å²) >= 11 is 5.94. The summed E-state index contributed by atoms with van der Waals surface area (Å²) in [6.07, 6.45) is 2.48. The largest absolute Gasteiger partial charge is 0.462 e. The zero-order chi connectivity index (χ0) is 18.8. The van der Waals surface area contributed by atoms with Gasteiger partial charge in [0.2, 0.25) is 5.78 Å². The third-order valence-corrected chi connectivity index (χ3v) is 5.01. The van der Waals surface area contributed by atoms with Crippen molar-refractivity contribution in [3.63, 3.8) is 0 Å². The molecule has 1 aliphatic rings. The molecule has 0 fully saturated rings. The van der Waals surface area contributed by atoms with Crippen molar-refractivity contribution in [2.24, 2.45) is 0 Å². The van der Waals surface area contributed by atoms with E-state index in [0.717, 1.165) is 37.1 Å². The van der Waals surface area contributed by atoms with Gasteiger partial charge in [-0.05, 0) is 69.5 Å². The van der Waals surface area contributed by atoms with Crippen LogP contribution in [-0.2, 0) is 16.1 Å². The minimum atomic E-state index is -0.314. The summed E-state index contributed by atoms with van der Waals surface area (Å²) < 4.78 is 7.48. The van der Waals surface area contributed by atoms with Crippen molar-refractivity contribution in [1.82, 2.24) is 4.57 Å². The Bertz CT molecular complexity index is 821. The van der Waals surface area contributed by atoms with Crippen LogP contribution in [0.25, 0.3) is 0 Å². The summed E-state index contributed by atoms with van der Waals surface area (Å²) in [5, 5.41) is 0.601. The van der Waals surface area contributed by atoms with E-state index in [4.69, 9.17) is 16.3 Å². The second-order valence-electron chi connectivity index (χ2n) is 7.12. The Balaban J connectivity index is 2.01. The maximum absolute atomic E-state index is 13.1. The Hall–Kier alpha value is -2.07. The van der Waals surface area contributed by atoms with Crippen molar-refractivity contribution in [3.05, 3.63) is 57.9 Å².